The number of nitrogens with one attached hydrogen (secondary N) is 1. The fourth-order valence-electron chi connectivity index (χ4n) is 0.910. The van der Waals surface area contributed by atoms with Crippen LogP contribution in [0.25, 0.3) is 10.3 Å². The molecule has 1 N–H and O–H groups in total. The van der Waals surface area contributed by atoms with Crippen molar-refractivity contribution in [2.24, 2.45) is 0 Å². The van der Waals surface area contributed by atoms with Gasteiger partial charge in [0, 0.05) is 0 Å². The van der Waals surface area contributed by atoms with E-state index in [4.69, 9.17) is 11.6 Å². The second kappa shape index (κ2) is 2.53. The number of hydrogen-bond acceptors (Lipinski definition) is 4. The van der Waals surface area contributed by atoms with Crippen LogP contribution >= 0.6 is 22.9 Å². The number of fused-ring (bicyclic) bond motifs is 1. The Hall–Kier alpha value is -0.940. The molecule has 0 aliphatic carbocycles. The van der Waals surface area contributed by atoms with Gasteiger partial charge in [-0.15, -0.1) is 0 Å². The average molecular weight is 202 g/mol. The number of aryl methyl sites for hydroxylation is 1. The van der Waals surface area contributed by atoms with Gasteiger partial charge in [-0.3, -0.25) is 9.78 Å². The summed E-state index contributed by atoms with van der Waals surface area (Å²) in [6.07, 6.45) is 0. The predicted octanol–water partition coefficient (Wildman–Crippen LogP) is 1.34. The zero-order valence-electron chi connectivity index (χ0n) is 6.09. The van der Waals surface area contributed by atoms with Gasteiger partial charge in [0.05, 0.1) is 5.01 Å². The SMILES string of the molecule is Cc1nc2c(=O)[nH]c(Cl)nc2s1. The average Bonchev–Trinajstić information content (AvgIpc) is 2.29. The van der Waals surface area contributed by atoms with Crippen LogP contribution in [0.3, 0.4) is 0 Å². The Morgan fingerprint density at radius 2 is 2.25 bits per heavy atom. The van der Waals surface area contributed by atoms with Crippen molar-refractivity contribution in [2.75, 3.05) is 0 Å². The lowest BCUT2D eigenvalue weighted by molar-refractivity contribution is 1.16. The third-order valence-corrected chi connectivity index (χ3v) is 2.39. The number of thiazole rings is 1. The van der Waals surface area contributed by atoms with Crippen LogP contribution < -0.4 is 5.56 Å². The molecule has 0 fully saturated rings. The predicted molar refractivity (Wildman–Crippen MR) is 47.8 cm³/mol. The number of halogens is 1. The maximum atomic E-state index is 11.2. The second-order valence-electron chi connectivity index (χ2n) is 2.24. The summed E-state index contributed by atoms with van der Waals surface area (Å²) in [6, 6.07) is 0. The summed E-state index contributed by atoms with van der Waals surface area (Å²) < 4.78 is 0. The molecule has 0 aromatic carbocycles. The van der Waals surface area contributed by atoms with E-state index in [0.29, 0.717) is 10.3 Å². The molecule has 4 nitrogen and oxygen atoms in total. The van der Waals surface area contributed by atoms with E-state index < -0.39 is 0 Å². The molecular formula is C6H4ClN3OS. The van der Waals surface area contributed by atoms with Crippen LogP contribution in [0, 0.1) is 6.92 Å². The molecule has 2 aromatic heterocycles. The van der Waals surface area contributed by atoms with E-state index in [1.165, 1.54) is 11.3 Å². The van der Waals surface area contributed by atoms with Crippen molar-refractivity contribution in [3.8, 4) is 0 Å². The number of rotatable bonds is 0. The lowest BCUT2D eigenvalue weighted by Gasteiger charge is -1.86. The Labute approximate surface area is 76.2 Å². The van der Waals surface area contributed by atoms with Crippen LogP contribution in [0.15, 0.2) is 4.79 Å². The van der Waals surface area contributed by atoms with E-state index >= 15 is 0 Å². The topological polar surface area (TPSA) is 58.6 Å². The fraction of sp³-hybridized carbons (Fsp3) is 0.167. The highest BCUT2D eigenvalue weighted by molar-refractivity contribution is 7.18. The Morgan fingerprint density at radius 3 is 3.00 bits per heavy atom. The standard InChI is InChI=1S/C6H4ClN3OS/c1-2-8-3-4(11)9-6(7)10-5(3)12-2/h1H3,(H,9,10,11). The Bertz CT molecular complexity index is 489. The van der Waals surface area contributed by atoms with Gasteiger partial charge in [-0.05, 0) is 18.5 Å². The molecule has 0 spiro atoms. The van der Waals surface area contributed by atoms with Gasteiger partial charge in [-0.25, -0.2) is 9.97 Å². The molecule has 62 valence electrons. The second-order valence-corrected chi connectivity index (χ2v) is 3.78. The van der Waals surface area contributed by atoms with Crippen molar-refractivity contribution >= 4 is 33.3 Å². The lowest BCUT2D eigenvalue weighted by Crippen LogP contribution is -2.07. The first-order valence-corrected chi connectivity index (χ1v) is 4.39. The van der Waals surface area contributed by atoms with Gasteiger partial charge < -0.3 is 0 Å². The third-order valence-electron chi connectivity index (χ3n) is 1.35. The number of nitrogens with zero attached hydrogens (tertiary/aromatic N) is 2. The van der Waals surface area contributed by atoms with Crippen molar-refractivity contribution in [2.45, 2.75) is 6.92 Å². The molecule has 2 rings (SSSR count). The van der Waals surface area contributed by atoms with Gasteiger partial charge >= 0.3 is 0 Å². The summed E-state index contributed by atoms with van der Waals surface area (Å²) in [5.41, 5.74) is 0.0799. The summed E-state index contributed by atoms with van der Waals surface area (Å²) in [7, 11) is 0. The van der Waals surface area contributed by atoms with Crippen LogP contribution in [0.1, 0.15) is 5.01 Å². The van der Waals surface area contributed by atoms with E-state index in [-0.39, 0.29) is 10.8 Å². The minimum atomic E-state index is -0.283. The highest BCUT2D eigenvalue weighted by atomic mass is 35.5. The van der Waals surface area contributed by atoms with E-state index in [1.54, 1.807) is 0 Å². The quantitative estimate of drug-likeness (QED) is 0.655. The van der Waals surface area contributed by atoms with Gasteiger partial charge in [-0.1, -0.05) is 11.3 Å². The Morgan fingerprint density at radius 1 is 1.50 bits per heavy atom. The van der Waals surface area contributed by atoms with Crippen molar-refractivity contribution in [3.63, 3.8) is 0 Å². The Kier molecular flexibility index (Phi) is 1.62. The zero-order valence-corrected chi connectivity index (χ0v) is 7.66. The summed E-state index contributed by atoms with van der Waals surface area (Å²) in [5, 5.41) is 0.918. The smallest absolute Gasteiger partial charge is 0.279 e. The van der Waals surface area contributed by atoms with E-state index in [2.05, 4.69) is 15.0 Å². The summed E-state index contributed by atoms with van der Waals surface area (Å²) in [6.45, 7) is 1.82. The molecule has 2 aromatic rings. The van der Waals surface area contributed by atoms with Crippen molar-refractivity contribution in [3.05, 3.63) is 20.6 Å². The van der Waals surface area contributed by atoms with Gasteiger partial charge in [-0.2, -0.15) is 0 Å². The van der Waals surface area contributed by atoms with Crippen molar-refractivity contribution in [1.29, 1.82) is 0 Å². The normalized spacial score (nSPS) is 10.8. The van der Waals surface area contributed by atoms with E-state index in [0.717, 1.165) is 5.01 Å². The van der Waals surface area contributed by atoms with Crippen molar-refractivity contribution in [1.82, 2.24) is 15.0 Å². The first-order chi connectivity index (χ1) is 5.66. The molecule has 6 heteroatoms. The third kappa shape index (κ3) is 1.11. The zero-order chi connectivity index (χ0) is 8.72. The summed E-state index contributed by atoms with van der Waals surface area (Å²) in [5.74, 6) is 0. The van der Waals surface area contributed by atoms with E-state index in [1.807, 2.05) is 6.92 Å². The minimum absolute atomic E-state index is 0.108. The van der Waals surface area contributed by atoms with Crippen LogP contribution in [-0.4, -0.2) is 15.0 Å². The van der Waals surface area contributed by atoms with Gasteiger partial charge in [0.15, 0.2) is 10.3 Å². The largest absolute Gasteiger partial charge is 0.295 e. The molecule has 12 heavy (non-hydrogen) atoms. The molecule has 2 heterocycles. The minimum Gasteiger partial charge on any atom is -0.295 e. The molecule has 0 saturated carbocycles. The highest BCUT2D eigenvalue weighted by Crippen LogP contribution is 2.16. The first-order valence-electron chi connectivity index (χ1n) is 3.20. The summed E-state index contributed by atoms with van der Waals surface area (Å²) >= 11 is 6.90. The molecular weight excluding hydrogens is 198 g/mol. The van der Waals surface area contributed by atoms with Gasteiger partial charge in [0.1, 0.15) is 0 Å². The van der Waals surface area contributed by atoms with E-state index in [9.17, 15) is 4.79 Å². The molecule has 0 atom stereocenters. The molecule has 0 radical (unpaired) electrons. The van der Waals surface area contributed by atoms with Crippen molar-refractivity contribution < 1.29 is 0 Å². The Balaban J connectivity index is 2.98. The van der Waals surface area contributed by atoms with Crippen LogP contribution in [-0.2, 0) is 0 Å². The monoisotopic (exact) mass is 201 g/mol. The summed E-state index contributed by atoms with van der Waals surface area (Å²) in [4.78, 5) is 22.1. The highest BCUT2D eigenvalue weighted by Gasteiger charge is 2.06. The van der Waals surface area contributed by atoms with Gasteiger partial charge in [0.2, 0.25) is 5.28 Å². The number of aromatic amines is 1. The molecule has 0 unspecified atom stereocenters. The number of aromatic nitrogens is 3. The number of hydrogen-bond donors (Lipinski definition) is 1. The molecule has 0 amide bonds. The van der Waals surface area contributed by atoms with Gasteiger partial charge in [0.25, 0.3) is 5.56 Å². The molecule has 0 aliphatic rings. The maximum absolute atomic E-state index is 11.2. The van der Waals surface area contributed by atoms with Crippen LogP contribution in [0.2, 0.25) is 5.28 Å². The molecule has 0 bridgehead atoms. The molecule has 0 saturated heterocycles. The molecule has 0 aliphatic heterocycles. The fourth-order valence-corrected chi connectivity index (χ4v) is 1.92. The van der Waals surface area contributed by atoms with Crippen LogP contribution in [0.4, 0.5) is 0 Å². The van der Waals surface area contributed by atoms with Crippen LogP contribution in [0.5, 0.6) is 0 Å². The lowest BCUT2D eigenvalue weighted by atomic mass is 10.6. The maximum Gasteiger partial charge on any atom is 0.279 e. The number of H-pyrrole nitrogens is 1. The first kappa shape index (κ1) is 7.70.